The molecule has 3 aromatic rings. The van der Waals surface area contributed by atoms with Gasteiger partial charge in [0.2, 0.25) is 17.1 Å². The number of aromatic nitrogens is 2. The third-order valence-electron chi connectivity index (χ3n) is 3.91. The first kappa shape index (κ1) is 19.5. The standard InChI is InChI=1S/C19H14ClF2N3O3/c20-19-24-16(28-10-13-5-6-14(21)7-15(13)22)8-17(26)25(19)9-11-1-3-12(4-2-11)18(23)27/h1-8H,9-10H2,(H2,23,27). The Balaban J connectivity index is 1.75. The van der Waals surface area contributed by atoms with Gasteiger partial charge in [-0.15, -0.1) is 0 Å². The second-order valence-corrected chi connectivity index (χ2v) is 6.21. The Morgan fingerprint density at radius 3 is 2.46 bits per heavy atom. The van der Waals surface area contributed by atoms with Gasteiger partial charge >= 0.3 is 0 Å². The second-order valence-electron chi connectivity index (χ2n) is 5.87. The first-order valence-corrected chi connectivity index (χ1v) is 8.44. The number of carbonyl (C=O) groups is 1. The van der Waals surface area contributed by atoms with Gasteiger partial charge in [0, 0.05) is 17.2 Å². The van der Waals surface area contributed by atoms with Crippen molar-refractivity contribution in [1.29, 1.82) is 0 Å². The van der Waals surface area contributed by atoms with Crippen LogP contribution in [-0.4, -0.2) is 15.5 Å². The fourth-order valence-corrected chi connectivity index (χ4v) is 2.65. The monoisotopic (exact) mass is 405 g/mol. The zero-order valence-corrected chi connectivity index (χ0v) is 15.1. The molecule has 1 heterocycles. The highest BCUT2D eigenvalue weighted by atomic mass is 35.5. The summed E-state index contributed by atoms with van der Waals surface area (Å²) in [6.07, 6.45) is 0. The summed E-state index contributed by atoms with van der Waals surface area (Å²) in [7, 11) is 0. The van der Waals surface area contributed by atoms with Gasteiger partial charge in [-0.2, -0.15) is 4.98 Å². The normalized spacial score (nSPS) is 10.7. The van der Waals surface area contributed by atoms with Gasteiger partial charge in [0.15, 0.2) is 0 Å². The zero-order chi connectivity index (χ0) is 20.3. The van der Waals surface area contributed by atoms with Crippen LogP contribution in [0.5, 0.6) is 5.88 Å². The van der Waals surface area contributed by atoms with E-state index in [4.69, 9.17) is 22.1 Å². The number of hydrogen-bond donors (Lipinski definition) is 1. The van der Waals surface area contributed by atoms with Crippen LogP contribution in [0.3, 0.4) is 0 Å². The Bertz CT molecular complexity index is 1080. The number of rotatable bonds is 6. The third-order valence-corrected chi connectivity index (χ3v) is 4.20. The van der Waals surface area contributed by atoms with Crippen molar-refractivity contribution >= 4 is 17.5 Å². The van der Waals surface area contributed by atoms with E-state index in [0.717, 1.165) is 18.2 Å². The molecule has 6 nitrogen and oxygen atoms in total. The van der Waals surface area contributed by atoms with E-state index < -0.39 is 23.1 Å². The fraction of sp³-hybridized carbons (Fsp3) is 0.105. The molecule has 0 fully saturated rings. The third kappa shape index (κ3) is 4.52. The summed E-state index contributed by atoms with van der Waals surface area (Å²) in [4.78, 5) is 27.4. The smallest absolute Gasteiger partial charge is 0.258 e. The molecule has 1 amide bonds. The van der Waals surface area contributed by atoms with Crippen molar-refractivity contribution in [3.05, 3.63) is 92.5 Å². The quantitative estimate of drug-likeness (QED) is 0.639. The Morgan fingerprint density at radius 1 is 1.14 bits per heavy atom. The number of carbonyl (C=O) groups excluding carboxylic acids is 1. The van der Waals surface area contributed by atoms with Crippen LogP contribution in [-0.2, 0) is 13.2 Å². The van der Waals surface area contributed by atoms with Gasteiger partial charge in [0.05, 0.1) is 12.6 Å². The minimum atomic E-state index is -0.765. The summed E-state index contributed by atoms with van der Waals surface area (Å²) in [5, 5.41) is -0.124. The van der Waals surface area contributed by atoms with E-state index in [0.29, 0.717) is 11.1 Å². The molecule has 28 heavy (non-hydrogen) atoms. The summed E-state index contributed by atoms with van der Waals surface area (Å²) in [5.41, 5.74) is 5.87. The summed E-state index contributed by atoms with van der Waals surface area (Å²) >= 11 is 6.07. The van der Waals surface area contributed by atoms with Crippen LogP contribution < -0.4 is 16.0 Å². The number of nitrogens with two attached hydrogens (primary N) is 1. The van der Waals surface area contributed by atoms with Crippen LogP contribution in [0.1, 0.15) is 21.5 Å². The lowest BCUT2D eigenvalue weighted by Gasteiger charge is -2.11. The van der Waals surface area contributed by atoms with E-state index >= 15 is 0 Å². The van der Waals surface area contributed by atoms with Gasteiger partial charge in [0.1, 0.15) is 18.2 Å². The summed E-state index contributed by atoms with van der Waals surface area (Å²) in [5.74, 6) is -2.10. The predicted molar refractivity (Wildman–Crippen MR) is 98.3 cm³/mol. The minimum Gasteiger partial charge on any atom is -0.472 e. The van der Waals surface area contributed by atoms with Crippen LogP contribution >= 0.6 is 11.6 Å². The van der Waals surface area contributed by atoms with Crippen LogP contribution in [0.4, 0.5) is 8.78 Å². The molecule has 0 aliphatic carbocycles. The summed E-state index contributed by atoms with van der Waals surface area (Å²) < 4.78 is 33.1. The lowest BCUT2D eigenvalue weighted by Crippen LogP contribution is -2.22. The zero-order valence-electron chi connectivity index (χ0n) is 14.4. The van der Waals surface area contributed by atoms with Gasteiger partial charge in [-0.1, -0.05) is 12.1 Å². The molecule has 0 saturated carbocycles. The molecule has 0 radical (unpaired) electrons. The average Bonchev–Trinajstić information content (AvgIpc) is 2.64. The molecule has 0 bridgehead atoms. The molecule has 144 valence electrons. The average molecular weight is 406 g/mol. The first-order chi connectivity index (χ1) is 13.3. The molecule has 0 spiro atoms. The van der Waals surface area contributed by atoms with Gasteiger partial charge in [-0.05, 0) is 41.4 Å². The number of hydrogen-bond acceptors (Lipinski definition) is 4. The lowest BCUT2D eigenvalue weighted by atomic mass is 10.1. The van der Waals surface area contributed by atoms with Crippen molar-refractivity contribution in [1.82, 2.24) is 9.55 Å². The second kappa shape index (κ2) is 8.18. The molecule has 2 aromatic carbocycles. The van der Waals surface area contributed by atoms with Crippen molar-refractivity contribution in [3.63, 3.8) is 0 Å². The number of amides is 1. The predicted octanol–water partition coefficient (Wildman–Crippen LogP) is 2.90. The fourth-order valence-electron chi connectivity index (χ4n) is 2.42. The summed E-state index contributed by atoms with van der Waals surface area (Å²) in [6, 6.07) is 10.6. The molecule has 0 atom stereocenters. The largest absolute Gasteiger partial charge is 0.472 e. The molecule has 9 heteroatoms. The first-order valence-electron chi connectivity index (χ1n) is 8.06. The van der Waals surface area contributed by atoms with Crippen molar-refractivity contribution in [3.8, 4) is 5.88 Å². The molecule has 0 saturated heterocycles. The Morgan fingerprint density at radius 2 is 1.86 bits per heavy atom. The molecule has 1 aromatic heterocycles. The van der Waals surface area contributed by atoms with Crippen LogP contribution in [0.15, 0.2) is 53.3 Å². The maximum Gasteiger partial charge on any atom is 0.258 e. The van der Waals surface area contributed by atoms with Gasteiger partial charge < -0.3 is 10.5 Å². The molecular formula is C19H14ClF2N3O3. The van der Waals surface area contributed by atoms with E-state index in [1.165, 1.54) is 10.6 Å². The summed E-state index contributed by atoms with van der Waals surface area (Å²) in [6.45, 7) is -0.121. The van der Waals surface area contributed by atoms with Gasteiger partial charge in [-0.3, -0.25) is 14.2 Å². The van der Waals surface area contributed by atoms with Crippen LogP contribution in [0.25, 0.3) is 0 Å². The van der Waals surface area contributed by atoms with E-state index in [1.807, 2.05) is 0 Å². The van der Waals surface area contributed by atoms with E-state index in [2.05, 4.69) is 4.98 Å². The number of benzene rings is 2. The number of halogens is 3. The van der Waals surface area contributed by atoms with Crippen LogP contribution in [0.2, 0.25) is 5.28 Å². The van der Waals surface area contributed by atoms with Gasteiger partial charge in [-0.25, -0.2) is 8.78 Å². The lowest BCUT2D eigenvalue weighted by molar-refractivity contribution is 0.100. The van der Waals surface area contributed by atoms with Crippen molar-refractivity contribution in [2.45, 2.75) is 13.2 Å². The highest BCUT2D eigenvalue weighted by molar-refractivity contribution is 6.28. The number of nitrogens with zero attached hydrogens (tertiary/aromatic N) is 2. The maximum absolute atomic E-state index is 13.6. The molecular weight excluding hydrogens is 392 g/mol. The van der Waals surface area contributed by atoms with E-state index in [-0.39, 0.29) is 29.9 Å². The van der Waals surface area contributed by atoms with Crippen LogP contribution in [0, 0.1) is 11.6 Å². The van der Waals surface area contributed by atoms with Gasteiger partial charge in [0.25, 0.3) is 5.56 Å². The minimum absolute atomic E-state index is 0.0842. The van der Waals surface area contributed by atoms with Crippen molar-refractivity contribution in [2.24, 2.45) is 5.73 Å². The van der Waals surface area contributed by atoms with E-state index in [9.17, 15) is 18.4 Å². The molecule has 3 rings (SSSR count). The topological polar surface area (TPSA) is 87.2 Å². The number of ether oxygens (including phenoxy) is 1. The maximum atomic E-state index is 13.6. The number of primary amides is 1. The van der Waals surface area contributed by atoms with Crippen molar-refractivity contribution in [2.75, 3.05) is 0 Å². The Labute approximate surface area is 163 Å². The molecule has 0 unspecified atom stereocenters. The highest BCUT2D eigenvalue weighted by Gasteiger charge is 2.11. The molecule has 2 N–H and O–H groups in total. The SMILES string of the molecule is NC(=O)c1ccc(Cn2c(Cl)nc(OCc3ccc(F)cc3F)cc2=O)cc1. The molecule has 0 aliphatic rings. The molecule has 0 aliphatic heterocycles. The Kier molecular flexibility index (Phi) is 5.70. The van der Waals surface area contributed by atoms with Crippen molar-refractivity contribution < 1.29 is 18.3 Å². The van der Waals surface area contributed by atoms with E-state index in [1.54, 1.807) is 24.3 Å². The highest BCUT2D eigenvalue weighted by Crippen LogP contribution is 2.15. The Hall–Kier alpha value is -3.26.